The number of hydrogen-bond acceptors (Lipinski definition) is 4. The first kappa shape index (κ1) is 15.9. The third kappa shape index (κ3) is 4.03. The zero-order valence-corrected chi connectivity index (χ0v) is 13.1. The van der Waals surface area contributed by atoms with E-state index < -0.39 is 5.60 Å². The highest BCUT2D eigenvalue weighted by Crippen LogP contribution is 2.23. The van der Waals surface area contributed by atoms with Crippen LogP contribution in [0.5, 0.6) is 0 Å². The maximum Gasteiger partial charge on any atom is 0.223 e. The number of hydrogen-bond donors (Lipinski definition) is 2. The van der Waals surface area contributed by atoms with Crippen molar-refractivity contribution in [3.8, 4) is 0 Å². The number of aryl methyl sites for hydroxylation is 1. The van der Waals surface area contributed by atoms with Crippen molar-refractivity contribution in [1.82, 2.24) is 20.1 Å². The van der Waals surface area contributed by atoms with Crippen molar-refractivity contribution in [2.24, 2.45) is 0 Å². The van der Waals surface area contributed by atoms with Crippen molar-refractivity contribution in [3.05, 3.63) is 11.6 Å². The Morgan fingerprint density at radius 1 is 1.33 bits per heavy atom. The van der Waals surface area contributed by atoms with E-state index in [0.29, 0.717) is 19.4 Å². The molecule has 6 heteroatoms. The van der Waals surface area contributed by atoms with Crippen LogP contribution >= 0.6 is 0 Å². The van der Waals surface area contributed by atoms with Gasteiger partial charge >= 0.3 is 0 Å². The fraction of sp³-hybridized carbons (Fsp3) is 0.800. The largest absolute Gasteiger partial charge is 0.389 e. The van der Waals surface area contributed by atoms with Gasteiger partial charge < -0.3 is 15.0 Å². The second-order valence-corrected chi connectivity index (χ2v) is 5.97. The van der Waals surface area contributed by atoms with Gasteiger partial charge in [0.1, 0.15) is 5.82 Å². The molecule has 0 radical (unpaired) electrons. The van der Waals surface area contributed by atoms with Crippen molar-refractivity contribution in [1.29, 1.82) is 0 Å². The second kappa shape index (κ2) is 7.02. The maximum atomic E-state index is 12.1. The standard InChI is InChI=1S/C15H26N4O2/c1-3-7-15(21,8-4-2)10-14(20)16-11-13-18-17-12-6-5-9-19(12)13/h21H,3-11H2,1-2H3,(H,16,20). The van der Waals surface area contributed by atoms with Crippen LogP contribution < -0.4 is 5.32 Å². The minimum atomic E-state index is -0.875. The first-order valence-electron chi connectivity index (χ1n) is 7.98. The van der Waals surface area contributed by atoms with Crippen LogP contribution in [0.25, 0.3) is 0 Å². The second-order valence-electron chi connectivity index (χ2n) is 5.97. The van der Waals surface area contributed by atoms with Gasteiger partial charge in [-0.05, 0) is 19.3 Å². The molecule has 0 unspecified atom stereocenters. The Kier molecular flexibility index (Phi) is 5.33. The molecule has 0 bridgehead atoms. The van der Waals surface area contributed by atoms with Crippen LogP contribution in [-0.4, -0.2) is 31.4 Å². The number of amides is 1. The van der Waals surface area contributed by atoms with Crippen LogP contribution in [0.1, 0.15) is 64.0 Å². The van der Waals surface area contributed by atoms with Crippen LogP contribution in [0, 0.1) is 0 Å². The van der Waals surface area contributed by atoms with Gasteiger partial charge in [-0.15, -0.1) is 10.2 Å². The molecule has 1 aliphatic rings. The predicted octanol–water partition coefficient (Wildman–Crippen LogP) is 1.56. The summed E-state index contributed by atoms with van der Waals surface area (Å²) in [4.78, 5) is 12.1. The third-order valence-corrected chi connectivity index (χ3v) is 4.05. The van der Waals surface area contributed by atoms with Crippen molar-refractivity contribution < 1.29 is 9.90 Å². The fourth-order valence-corrected chi connectivity index (χ4v) is 3.11. The quantitative estimate of drug-likeness (QED) is 0.762. The van der Waals surface area contributed by atoms with E-state index in [2.05, 4.69) is 20.1 Å². The Morgan fingerprint density at radius 3 is 2.71 bits per heavy atom. The van der Waals surface area contributed by atoms with Crippen molar-refractivity contribution in [3.63, 3.8) is 0 Å². The summed E-state index contributed by atoms with van der Waals surface area (Å²) in [6.45, 7) is 5.37. The molecule has 21 heavy (non-hydrogen) atoms. The molecule has 2 N–H and O–H groups in total. The topological polar surface area (TPSA) is 80.0 Å². The number of fused-ring (bicyclic) bond motifs is 1. The molecule has 0 atom stereocenters. The number of aromatic nitrogens is 3. The van der Waals surface area contributed by atoms with Crippen LogP contribution in [0.3, 0.4) is 0 Å². The summed E-state index contributed by atoms with van der Waals surface area (Å²) in [6, 6.07) is 0. The Balaban J connectivity index is 1.86. The van der Waals surface area contributed by atoms with Crippen LogP contribution in [-0.2, 0) is 24.3 Å². The Labute approximate surface area is 126 Å². The van der Waals surface area contributed by atoms with Crippen molar-refractivity contribution in [2.75, 3.05) is 0 Å². The molecule has 0 saturated heterocycles. The number of nitrogens with zero attached hydrogens (tertiary/aromatic N) is 3. The summed E-state index contributed by atoms with van der Waals surface area (Å²) in [5.41, 5.74) is -0.875. The van der Waals surface area contributed by atoms with E-state index in [-0.39, 0.29) is 12.3 Å². The van der Waals surface area contributed by atoms with Gasteiger partial charge in [0.05, 0.1) is 18.6 Å². The molecule has 0 aromatic carbocycles. The van der Waals surface area contributed by atoms with E-state index >= 15 is 0 Å². The SMILES string of the molecule is CCCC(O)(CCC)CC(=O)NCc1nnc2n1CCC2. The first-order valence-corrected chi connectivity index (χ1v) is 7.98. The molecule has 1 aromatic heterocycles. The summed E-state index contributed by atoms with van der Waals surface area (Å²) in [7, 11) is 0. The lowest BCUT2D eigenvalue weighted by Crippen LogP contribution is -2.37. The predicted molar refractivity (Wildman–Crippen MR) is 79.6 cm³/mol. The third-order valence-electron chi connectivity index (χ3n) is 4.05. The van der Waals surface area contributed by atoms with Gasteiger partial charge in [-0.2, -0.15) is 0 Å². The highest BCUT2D eigenvalue weighted by molar-refractivity contribution is 5.76. The molecule has 1 amide bonds. The molecule has 0 saturated carbocycles. The number of carbonyl (C=O) groups is 1. The summed E-state index contributed by atoms with van der Waals surface area (Å²) in [5.74, 6) is 1.70. The monoisotopic (exact) mass is 294 g/mol. The van der Waals surface area contributed by atoms with Gasteiger partial charge in [0, 0.05) is 13.0 Å². The molecule has 118 valence electrons. The van der Waals surface area contributed by atoms with Crippen molar-refractivity contribution in [2.45, 2.75) is 77.5 Å². The van der Waals surface area contributed by atoms with Crippen LogP contribution in [0.2, 0.25) is 0 Å². The molecular formula is C15H26N4O2. The van der Waals surface area contributed by atoms with Gasteiger partial charge in [-0.1, -0.05) is 26.7 Å². The minimum Gasteiger partial charge on any atom is -0.389 e. The van der Waals surface area contributed by atoms with E-state index in [1.54, 1.807) is 0 Å². The molecule has 1 aliphatic heterocycles. The fourth-order valence-electron chi connectivity index (χ4n) is 3.11. The van der Waals surface area contributed by atoms with Gasteiger partial charge in [-0.3, -0.25) is 4.79 Å². The number of nitrogens with one attached hydrogen (secondary N) is 1. The van der Waals surface area contributed by atoms with E-state index in [1.807, 2.05) is 13.8 Å². The zero-order chi connectivity index (χ0) is 15.3. The Bertz CT molecular complexity index is 478. The summed E-state index contributed by atoms with van der Waals surface area (Å²) >= 11 is 0. The lowest BCUT2D eigenvalue weighted by molar-refractivity contribution is -0.127. The lowest BCUT2D eigenvalue weighted by atomic mass is 9.89. The van der Waals surface area contributed by atoms with Crippen LogP contribution in [0.15, 0.2) is 0 Å². The highest BCUT2D eigenvalue weighted by atomic mass is 16.3. The molecule has 2 heterocycles. The Hall–Kier alpha value is -1.43. The Morgan fingerprint density at radius 2 is 2.05 bits per heavy atom. The number of aliphatic hydroxyl groups is 1. The smallest absolute Gasteiger partial charge is 0.223 e. The molecule has 0 aliphatic carbocycles. The molecule has 2 rings (SSSR count). The van der Waals surface area contributed by atoms with Crippen LogP contribution in [0.4, 0.5) is 0 Å². The van der Waals surface area contributed by atoms with E-state index in [0.717, 1.165) is 43.9 Å². The minimum absolute atomic E-state index is 0.116. The summed E-state index contributed by atoms with van der Waals surface area (Å²) in [6.07, 6.45) is 5.30. The summed E-state index contributed by atoms with van der Waals surface area (Å²) in [5, 5.41) is 21.6. The molecule has 0 spiro atoms. The first-order chi connectivity index (χ1) is 10.1. The van der Waals surface area contributed by atoms with Gasteiger partial charge in [0.2, 0.25) is 5.91 Å². The van der Waals surface area contributed by atoms with Gasteiger partial charge in [-0.25, -0.2) is 0 Å². The molecule has 6 nitrogen and oxygen atoms in total. The average Bonchev–Trinajstić information content (AvgIpc) is 2.99. The van der Waals surface area contributed by atoms with Gasteiger partial charge in [0.25, 0.3) is 0 Å². The van der Waals surface area contributed by atoms with Gasteiger partial charge in [0.15, 0.2) is 5.82 Å². The van der Waals surface area contributed by atoms with Crippen molar-refractivity contribution >= 4 is 5.91 Å². The van der Waals surface area contributed by atoms with E-state index in [9.17, 15) is 9.90 Å². The maximum absolute atomic E-state index is 12.1. The number of carbonyl (C=O) groups excluding carboxylic acids is 1. The van der Waals surface area contributed by atoms with E-state index in [4.69, 9.17) is 0 Å². The zero-order valence-electron chi connectivity index (χ0n) is 13.1. The number of rotatable bonds is 8. The normalized spacial score (nSPS) is 14.2. The molecular weight excluding hydrogens is 268 g/mol. The van der Waals surface area contributed by atoms with E-state index in [1.165, 1.54) is 0 Å². The molecule has 1 aromatic rings. The highest BCUT2D eigenvalue weighted by Gasteiger charge is 2.28. The summed E-state index contributed by atoms with van der Waals surface area (Å²) < 4.78 is 2.07. The average molecular weight is 294 g/mol. The molecule has 0 fully saturated rings. The lowest BCUT2D eigenvalue weighted by Gasteiger charge is -2.26.